The molecule has 1 aromatic heterocycles. The fourth-order valence-electron chi connectivity index (χ4n) is 6.82. The molecule has 44 heavy (non-hydrogen) atoms. The molecule has 3 aliphatic heterocycles. The summed E-state index contributed by atoms with van der Waals surface area (Å²) < 4.78 is 5.66. The maximum absolute atomic E-state index is 13.8. The average Bonchev–Trinajstić information content (AvgIpc) is 3.02. The van der Waals surface area contributed by atoms with Crippen molar-refractivity contribution in [2.24, 2.45) is 10.9 Å². The number of carbonyl (C=O) groups is 2. The van der Waals surface area contributed by atoms with E-state index in [4.69, 9.17) is 9.72 Å². The molecule has 9 nitrogen and oxygen atoms in total. The average molecular weight is 601 g/mol. The van der Waals surface area contributed by atoms with Crippen LogP contribution < -0.4 is 15.1 Å². The van der Waals surface area contributed by atoms with E-state index in [1.807, 2.05) is 39.1 Å². The second-order valence-corrected chi connectivity index (χ2v) is 12.6. The number of benzene rings is 1. The maximum atomic E-state index is 13.8. The van der Waals surface area contributed by atoms with Gasteiger partial charge in [0.1, 0.15) is 5.82 Å². The standard InChI is InChI=1S/C35H48N6O3/c1-7-41(29-12-16-44-17-13-29)32-20-27(26-8-9-33(36-21-26)40-14-10-28(11-15-40)39(5)6)19-30(25(32)4)34(42)37-22-31-23(2)18-24(3)38-35(31)43/h8-9,18-21,28-29,31H,7,10-17,22H2,1-6H3,(H,37,42). The molecule has 0 spiro atoms. The van der Waals surface area contributed by atoms with E-state index in [2.05, 4.69) is 64.2 Å². The highest BCUT2D eigenvalue weighted by molar-refractivity contribution is 6.06. The van der Waals surface area contributed by atoms with Crippen molar-refractivity contribution in [1.82, 2.24) is 15.2 Å². The lowest BCUT2D eigenvalue weighted by Crippen LogP contribution is -2.42. The third-order valence-corrected chi connectivity index (χ3v) is 9.54. The molecule has 2 saturated heterocycles. The van der Waals surface area contributed by atoms with Gasteiger partial charge in [0.2, 0.25) is 0 Å². The monoisotopic (exact) mass is 600 g/mol. The second kappa shape index (κ2) is 14.0. The minimum atomic E-state index is -0.445. The van der Waals surface area contributed by atoms with Gasteiger partial charge in [-0.1, -0.05) is 5.57 Å². The molecule has 5 rings (SSSR count). The molecular formula is C35H48N6O3. The van der Waals surface area contributed by atoms with Crippen molar-refractivity contribution < 1.29 is 14.3 Å². The summed E-state index contributed by atoms with van der Waals surface area (Å²) in [4.78, 5) is 42.5. The van der Waals surface area contributed by atoms with Gasteiger partial charge >= 0.3 is 0 Å². The van der Waals surface area contributed by atoms with E-state index < -0.39 is 5.92 Å². The summed E-state index contributed by atoms with van der Waals surface area (Å²) in [5.74, 6) is 0.156. The van der Waals surface area contributed by atoms with Crippen molar-refractivity contribution in [3.8, 4) is 11.1 Å². The number of rotatable bonds is 9. The summed E-state index contributed by atoms with van der Waals surface area (Å²) >= 11 is 0. The number of allylic oxidation sites excluding steroid dienone is 1. The fraction of sp³-hybridized carbons (Fsp3) is 0.543. The van der Waals surface area contributed by atoms with E-state index in [-0.39, 0.29) is 18.4 Å². The summed E-state index contributed by atoms with van der Waals surface area (Å²) in [6.07, 6.45) is 8.01. The SMILES string of the molecule is CCN(c1cc(-c2ccc(N3CCC(N(C)C)CC3)nc2)cc(C(=O)NCC2C(=O)N=C(C)C=C2C)c1C)C1CCOCC1. The topological polar surface area (TPSA) is 90.4 Å². The molecule has 1 unspecified atom stereocenters. The zero-order chi connectivity index (χ0) is 31.4. The molecule has 2 aromatic rings. The Bertz CT molecular complexity index is 1400. The molecule has 4 heterocycles. The first kappa shape index (κ1) is 31.9. The molecule has 2 fully saturated rings. The van der Waals surface area contributed by atoms with Gasteiger partial charge < -0.3 is 24.8 Å². The summed E-state index contributed by atoms with van der Waals surface area (Å²) in [7, 11) is 4.31. The highest BCUT2D eigenvalue weighted by atomic mass is 16.5. The molecule has 1 N–H and O–H groups in total. The molecule has 236 valence electrons. The van der Waals surface area contributed by atoms with Crippen LogP contribution in [0, 0.1) is 12.8 Å². The minimum absolute atomic E-state index is 0.186. The van der Waals surface area contributed by atoms with Crippen LogP contribution in [-0.4, -0.2) is 93.0 Å². The smallest absolute Gasteiger partial charge is 0.254 e. The lowest BCUT2D eigenvalue weighted by Gasteiger charge is -2.37. The third kappa shape index (κ3) is 7.05. The van der Waals surface area contributed by atoms with Gasteiger partial charge in [-0.05, 0) is 109 Å². The van der Waals surface area contributed by atoms with Crippen LogP contribution in [0.1, 0.15) is 62.4 Å². The summed E-state index contributed by atoms with van der Waals surface area (Å²) in [6.45, 7) is 12.5. The van der Waals surface area contributed by atoms with Crippen LogP contribution in [-0.2, 0) is 9.53 Å². The van der Waals surface area contributed by atoms with E-state index in [1.165, 1.54) is 0 Å². The number of anilines is 2. The van der Waals surface area contributed by atoms with Gasteiger partial charge in [0.25, 0.3) is 11.8 Å². The van der Waals surface area contributed by atoms with E-state index in [0.717, 1.165) is 92.3 Å². The molecule has 0 bridgehead atoms. The summed E-state index contributed by atoms with van der Waals surface area (Å²) in [5.41, 5.74) is 6.16. The highest BCUT2D eigenvalue weighted by Gasteiger charge is 2.28. The number of aliphatic imine (C=N–C) groups is 1. The van der Waals surface area contributed by atoms with Gasteiger partial charge in [-0.3, -0.25) is 9.59 Å². The van der Waals surface area contributed by atoms with Crippen LogP contribution in [0.3, 0.4) is 0 Å². The first-order chi connectivity index (χ1) is 21.2. The Morgan fingerprint density at radius 2 is 1.75 bits per heavy atom. The number of ether oxygens (including phenoxy) is 1. The largest absolute Gasteiger partial charge is 0.381 e. The number of aromatic nitrogens is 1. The van der Waals surface area contributed by atoms with Crippen LogP contribution in [0.2, 0.25) is 0 Å². The Labute approximate surface area is 262 Å². The fourth-order valence-corrected chi connectivity index (χ4v) is 6.82. The summed E-state index contributed by atoms with van der Waals surface area (Å²) in [6, 6.07) is 9.37. The molecule has 1 atom stereocenters. The van der Waals surface area contributed by atoms with Gasteiger partial charge in [0.15, 0.2) is 0 Å². The predicted molar refractivity (Wildman–Crippen MR) is 178 cm³/mol. The summed E-state index contributed by atoms with van der Waals surface area (Å²) in [5, 5.41) is 3.06. The number of hydrogen-bond acceptors (Lipinski definition) is 7. The number of nitrogens with one attached hydrogen (secondary N) is 1. The van der Waals surface area contributed by atoms with Gasteiger partial charge in [-0.15, -0.1) is 0 Å². The van der Waals surface area contributed by atoms with Crippen molar-refractivity contribution in [3.05, 3.63) is 53.2 Å². The molecule has 0 saturated carbocycles. The number of nitrogens with zero attached hydrogens (tertiary/aromatic N) is 5. The first-order valence-electron chi connectivity index (χ1n) is 16.1. The number of piperidine rings is 1. The number of carbonyl (C=O) groups excluding carboxylic acids is 2. The molecule has 9 heteroatoms. The van der Waals surface area contributed by atoms with Crippen molar-refractivity contribution in [2.45, 2.75) is 65.5 Å². The van der Waals surface area contributed by atoms with Crippen LogP contribution >= 0.6 is 0 Å². The van der Waals surface area contributed by atoms with Gasteiger partial charge in [-0.2, -0.15) is 0 Å². The van der Waals surface area contributed by atoms with Gasteiger partial charge in [0.05, 0.1) is 5.92 Å². The Hall–Kier alpha value is -3.56. The third-order valence-electron chi connectivity index (χ3n) is 9.54. The quantitative estimate of drug-likeness (QED) is 0.439. The Kier molecular flexibility index (Phi) is 10.2. The van der Waals surface area contributed by atoms with Crippen LogP contribution in [0.4, 0.5) is 11.5 Å². The highest BCUT2D eigenvalue weighted by Crippen LogP contribution is 2.34. The zero-order valence-electron chi connectivity index (χ0n) is 27.2. The Balaban J connectivity index is 1.43. The first-order valence-corrected chi connectivity index (χ1v) is 16.1. The van der Waals surface area contributed by atoms with Crippen molar-refractivity contribution in [1.29, 1.82) is 0 Å². The van der Waals surface area contributed by atoms with Gasteiger partial charge in [-0.25, -0.2) is 9.98 Å². The van der Waals surface area contributed by atoms with E-state index >= 15 is 0 Å². The lowest BCUT2D eigenvalue weighted by molar-refractivity contribution is -0.120. The number of hydrogen-bond donors (Lipinski definition) is 1. The van der Waals surface area contributed by atoms with E-state index in [9.17, 15) is 9.59 Å². The van der Waals surface area contributed by atoms with Crippen molar-refractivity contribution in [2.75, 3.05) is 63.3 Å². The lowest BCUT2D eigenvalue weighted by atomic mass is 9.94. The number of dihydropyridines is 1. The molecule has 2 amide bonds. The van der Waals surface area contributed by atoms with Crippen LogP contribution in [0.5, 0.6) is 0 Å². The van der Waals surface area contributed by atoms with Crippen LogP contribution in [0.15, 0.2) is 47.1 Å². The zero-order valence-corrected chi connectivity index (χ0v) is 27.2. The molecule has 1 aromatic carbocycles. The molecule has 3 aliphatic rings. The minimum Gasteiger partial charge on any atom is -0.381 e. The van der Waals surface area contributed by atoms with Crippen molar-refractivity contribution in [3.63, 3.8) is 0 Å². The van der Waals surface area contributed by atoms with Gasteiger partial charge in [0, 0.05) is 80.2 Å². The molecule has 0 radical (unpaired) electrons. The number of pyridine rings is 1. The molecule has 0 aliphatic carbocycles. The Morgan fingerprint density at radius 1 is 1.02 bits per heavy atom. The normalized spacial score (nSPS) is 20.0. The predicted octanol–water partition coefficient (Wildman–Crippen LogP) is 4.89. The van der Waals surface area contributed by atoms with E-state index in [1.54, 1.807) is 0 Å². The van der Waals surface area contributed by atoms with E-state index in [0.29, 0.717) is 23.4 Å². The Morgan fingerprint density at radius 3 is 2.36 bits per heavy atom. The van der Waals surface area contributed by atoms with Crippen LogP contribution in [0.25, 0.3) is 11.1 Å². The molecular weight excluding hydrogens is 552 g/mol. The van der Waals surface area contributed by atoms with Crippen molar-refractivity contribution >= 4 is 29.0 Å². The maximum Gasteiger partial charge on any atom is 0.254 e. The number of amides is 2. The second-order valence-electron chi connectivity index (χ2n) is 12.6.